The van der Waals surface area contributed by atoms with E-state index in [0.717, 1.165) is 64.6 Å². The second-order valence-electron chi connectivity index (χ2n) is 11.6. The third kappa shape index (κ3) is 7.36. The lowest BCUT2D eigenvalue weighted by atomic mass is 9.88. The molecular weight excluding hydrogens is 475 g/mol. The van der Waals surface area contributed by atoms with Gasteiger partial charge in [0.15, 0.2) is 0 Å². The normalized spacial score (nSPS) is 23.6. The van der Waals surface area contributed by atoms with Crippen LogP contribution in [0.2, 0.25) is 0 Å². The van der Waals surface area contributed by atoms with Crippen LogP contribution < -0.4 is 15.5 Å². The van der Waals surface area contributed by atoms with Crippen LogP contribution in [0.15, 0.2) is 18.2 Å². The van der Waals surface area contributed by atoms with E-state index >= 15 is 0 Å². The second kappa shape index (κ2) is 11.7. The number of carbonyl (C=O) groups is 3. The second-order valence-corrected chi connectivity index (χ2v) is 11.6. The molecule has 4 rings (SSSR count). The molecule has 3 amide bonds. The number of likely N-dealkylation sites (tertiary alicyclic amines) is 1. The fourth-order valence-corrected chi connectivity index (χ4v) is 5.64. The minimum Gasteiger partial charge on any atom is -0.444 e. The van der Waals surface area contributed by atoms with Crippen LogP contribution in [-0.2, 0) is 14.3 Å². The van der Waals surface area contributed by atoms with Crippen LogP contribution in [-0.4, -0.2) is 60.1 Å². The first-order valence-electron chi connectivity index (χ1n) is 13.7. The molecule has 3 aliphatic heterocycles. The molecule has 2 N–H and O–H groups in total. The average Bonchev–Trinajstić information content (AvgIpc) is 2.84. The smallest absolute Gasteiger partial charge is 0.410 e. The molecule has 1 aromatic rings. The molecule has 3 fully saturated rings. The molecule has 3 saturated heterocycles. The van der Waals surface area contributed by atoms with Gasteiger partial charge in [-0.2, -0.15) is 0 Å². The highest BCUT2D eigenvalue weighted by Gasteiger charge is 2.32. The average molecular weight is 517 g/mol. The number of hydrogen-bond acceptors (Lipinski definition) is 6. The van der Waals surface area contributed by atoms with Gasteiger partial charge in [-0.15, -0.1) is 0 Å². The van der Waals surface area contributed by atoms with Gasteiger partial charge in [-0.25, -0.2) is 9.18 Å². The largest absolute Gasteiger partial charge is 0.444 e. The van der Waals surface area contributed by atoms with Gasteiger partial charge in [0.1, 0.15) is 17.5 Å². The summed E-state index contributed by atoms with van der Waals surface area (Å²) in [6, 6.07) is 4.70. The summed E-state index contributed by atoms with van der Waals surface area (Å²) in [7, 11) is 0. The van der Waals surface area contributed by atoms with Crippen molar-refractivity contribution in [2.24, 2.45) is 5.92 Å². The number of ether oxygens (including phenoxy) is 1. The Hall–Kier alpha value is -2.84. The lowest BCUT2D eigenvalue weighted by Gasteiger charge is -2.38. The monoisotopic (exact) mass is 516 g/mol. The number of imide groups is 1. The molecule has 0 bridgehead atoms. The maximum absolute atomic E-state index is 15.0. The fraction of sp³-hybridized carbons (Fsp3) is 0.679. The zero-order chi connectivity index (χ0) is 26.6. The van der Waals surface area contributed by atoms with Crippen molar-refractivity contribution in [2.75, 3.05) is 29.9 Å². The van der Waals surface area contributed by atoms with Crippen LogP contribution in [0.4, 0.5) is 20.6 Å². The predicted molar refractivity (Wildman–Crippen MR) is 141 cm³/mol. The summed E-state index contributed by atoms with van der Waals surface area (Å²) in [4.78, 5) is 40.0. The molecule has 37 heavy (non-hydrogen) atoms. The third-order valence-corrected chi connectivity index (χ3v) is 7.65. The minimum absolute atomic E-state index is 0.196. The van der Waals surface area contributed by atoms with Gasteiger partial charge in [0, 0.05) is 37.8 Å². The first-order valence-corrected chi connectivity index (χ1v) is 13.7. The van der Waals surface area contributed by atoms with Crippen LogP contribution in [0.5, 0.6) is 0 Å². The topological polar surface area (TPSA) is 91.0 Å². The molecule has 204 valence electrons. The van der Waals surface area contributed by atoms with Crippen LogP contribution in [0.3, 0.4) is 0 Å². The van der Waals surface area contributed by atoms with Crippen molar-refractivity contribution in [2.45, 2.75) is 96.2 Å². The molecule has 0 spiro atoms. The van der Waals surface area contributed by atoms with Crippen molar-refractivity contribution in [3.05, 3.63) is 24.0 Å². The van der Waals surface area contributed by atoms with Crippen LogP contribution >= 0.6 is 0 Å². The number of benzene rings is 1. The van der Waals surface area contributed by atoms with Gasteiger partial charge in [0.2, 0.25) is 11.8 Å². The minimum atomic E-state index is -0.533. The van der Waals surface area contributed by atoms with Crippen molar-refractivity contribution in [1.82, 2.24) is 10.2 Å². The molecule has 0 aromatic heterocycles. The number of carbonyl (C=O) groups excluding carboxylic acids is 3. The lowest BCUT2D eigenvalue weighted by molar-refractivity contribution is -0.133. The molecular formula is C28H41FN4O4. The van der Waals surface area contributed by atoms with Crippen molar-refractivity contribution in [1.29, 1.82) is 0 Å². The molecule has 8 nitrogen and oxygen atoms in total. The van der Waals surface area contributed by atoms with Crippen molar-refractivity contribution < 1.29 is 23.5 Å². The lowest BCUT2D eigenvalue weighted by Crippen LogP contribution is -2.47. The molecule has 0 aliphatic carbocycles. The molecule has 9 heteroatoms. The van der Waals surface area contributed by atoms with Gasteiger partial charge in [-0.3, -0.25) is 14.9 Å². The first-order chi connectivity index (χ1) is 17.6. The van der Waals surface area contributed by atoms with E-state index in [1.807, 2.05) is 25.7 Å². The molecule has 3 aliphatic rings. The third-order valence-electron chi connectivity index (χ3n) is 7.65. The van der Waals surface area contributed by atoms with E-state index in [2.05, 4.69) is 15.5 Å². The van der Waals surface area contributed by atoms with Gasteiger partial charge in [-0.1, -0.05) is 0 Å². The van der Waals surface area contributed by atoms with E-state index in [1.54, 1.807) is 12.1 Å². The van der Waals surface area contributed by atoms with Gasteiger partial charge in [0.25, 0.3) is 0 Å². The molecule has 2 unspecified atom stereocenters. The number of nitrogens with one attached hydrogen (secondary N) is 2. The Labute approximate surface area is 219 Å². The van der Waals surface area contributed by atoms with E-state index in [4.69, 9.17) is 4.74 Å². The summed E-state index contributed by atoms with van der Waals surface area (Å²) in [6.07, 6.45) is 7.73. The van der Waals surface area contributed by atoms with E-state index in [9.17, 15) is 18.8 Å². The Bertz CT molecular complexity index is 987. The van der Waals surface area contributed by atoms with Crippen LogP contribution in [0, 0.1) is 11.7 Å². The predicted octanol–water partition coefficient (Wildman–Crippen LogP) is 4.83. The summed E-state index contributed by atoms with van der Waals surface area (Å²) in [5, 5.41) is 5.35. The molecule has 3 heterocycles. The highest BCUT2D eigenvalue weighted by molar-refractivity contribution is 6.01. The molecule has 1 aromatic carbocycles. The van der Waals surface area contributed by atoms with Crippen LogP contribution in [0.1, 0.15) is 78.6 Å². The zero-order valence-electron chi connectivity index (χ0n) is 22.4. The maximum Gasteiger partial charge on any atom is 0.410 e. The highest BCUT2D eigenvalue weighted by Crippen LogP contribution is 2.32. The summed E-state index contributed by atoms with van der Waals surface area (Å²) in [5.74, 6) is -0.390. The fourth-order valence-electron chi connectivity index (χ4n) is 5.64. The van der Waals surface area contributed by atoms with Crippen LogP contribution in [0.25, 0.3) is 0 Å². The SMILES string of the molecule is CC(C)(C)OC(=O)N1CCCCC1CCC1CCN(c2ccc(NC3CCC(=O)NC3=O)cc2F)CC1. The number of rotatable bonds is 6. The quantitative estimate of drug-likeness (QED) is 0.527. The number of nitrogens with zero attached hydrogens (tertiary/aromatic N) is 2. The Morgan fingerprint density at radius 2 is 1.84 bits per heavy atom. The van der Waals surface area contributed by atoms with Crippen molar-refractivity contribution >= 4 is 29.3 Å². The summed E-state index contributed by atoms with van der Waals surface area (Å²) in [6.45, 7) is 8.07. The van der Waals surface area contributed by atoms with Crippen molar-refractivity contribution in [3.63, 3.8) is 0 Å². The number of hydrogen-bond donors (Lipinski definition) is 2. The van der Waals surface area contributed by atoms with Gasteiger partial charge in [-0.05, 0) is 96.3 Å². The Kier molecular flexibility index (Phi) is 8.60. The summed E-state index contributed by atoms with van der Waals surface area (Å²) >= 11 is 0. The highest BCUT2D eigenvalue weighted by atomic mass is 19.1. The number of halogens is 1. The maximum atomic E-state index is 15.0. The molecule has 0 radical (unpaired) electrons. The van der Waals surface area contributed by atoms with E-state index in [0.29, 0.717) is 23.7 Å². The number of piperidine rings is 3. The number of amides is 3. The van der Waals surface area contributed by atoms with Gasteiger partial charge < -0.3 is 19.9 Å². The summed E-state index contributed by atoms with van der Waals surface area (Å²) < 4.78 is 20.6. The van der Waals surface area contributed by atoms with E-state index in [1.165, 1.54) is 6.07 Å². The standard InChI is InChI=1S/C28H41FN4O4/c1-28(2,3)37-27(36)33-15-5-4-6-21(33)9-7-19-13-16-32(17-14-19)24-11-8-20(18-22(24)29)30-23-10-12-25(34)31-26(23)35/h8,11,18-19,21,23,30H,4-7,9-10,12-17H2,1-3H3,(H,31,34,35). The molecule has 0 saturated carbocycles. The Morgan fingerprint density at radius 3 is 2.51 bits per heavy atom. The zero-order valence-corrected chi connectivity index (χ0v) is 22.4. The van der Waals surface area contributed by atoms with Crippen molar-refractivity contribution in [3.8, 4) is 0 Å². The Morgan fingerprint density at radius 1 is 1.08 bits per heavy atom. The van der Waals surface area contributed by atoms with E-state index < -0.39 is 11.6 Å². The van der Waals surface area contributed by atoms with Gasteiger partial charge in [0.05, 0.1) is 5.69 Å². The molecule has 2 atom stereocenters. The van der Waals surface area contributed by atoms with Gasteiger partial charge >= 0.3 is 6.09 Å². The Balaban J connectivity index is 1.25. The summed E-state index contributed by atoms with van der Waals surface area (Å²) in [5.41, 5.74) is 0.628. The number of anilines is 2. The first kappa shape index (κ1) is 27.2. The van der Waals surface area contributed by atoms with E-state index in [-0.39, 0.29) is 36.2 Å².